The van der Waals surface area contributed by atoms with Gasteiger partial charge >= 0.3 is 7.12 Å². The van der Waals surface area contributed by atoms with Crippen molar-refractivity contribution in [3.63, 3.8) is 0 Å². The molecule has 4 fully saturated rings. The maximum atomic E-state index is 13.5. The average molecular weight is 547 g/mol. The van der Waals surface area contributed by atoms with Gasteiger partial charge in [0.2, 0.25) is 5.91 Å². The van der Waals surface area contributed by atoms with Gasteiger partial charge in [-0.05, 0) is 79.5 Å². The first-order valence-corrected chi connectivity index (χ1v) is 14.7. The first-order chi connectivity index (χ1) is 18.9. The van der Waals surface area contributed by atoms with Gasteiger partial charge in [-0.1, -0.05) is 70.2 Å². The maximum Gasteiger partial charge on any atom is 0.481 e. The molecule has 1 heterocycles. The summed E-state index contributed by atoms with van der Waals surface area (Å²) in [5.74, 6) is 0.0515. The number of hydrogen-bond donors (Lipinski definition) is 3. The first kappa shape index (κ1) is 28.8. The normalized spacial score (nSPS) is 28.7. The quantitative estimate of drug-likeness (QED) is 0.399. The maximum absolute atomic E-state index is 13.5. The summed E-state index contributed by atoms with van der Waals surface area (Å²) in [6.45, 7) is 12.5. The van der Waals surface area contributed by atoms with E-state index in [1.165, 1.54) is 6.92 Å². The van der Waals surface area contributed by atoms with E-state index in [9.17, 15) is 14.7 Å². The molecule has 40 heavy (non-hydrogen) atoms. The van der Waals surface area contributed by atoms with E-state index < -0.39 is 37.0 Å². The highest BCUT2D eigenvalue weighted by Gasteiger charge is 2.68. The molecule has 4 aliphatic rings. The number of amides is 2. The van der Waals surface area contributed by atoms with Crippen molar-refractivity contribution in [3.8, 4) is 11.1 Å². The largest absolute Gasteiger partial charge is 0.481 e. The monoisotopic (exact) mass is 546 g/mol. The summed E-state index contributed by atoms with van der Waals surface area (Å²) in [6, 6.07) is 16.0. The third-order valence-electron chi connectivity index (χ3n) is 9.66. The van der Waals surface area contributed by atoms with Crippen LogP contribution in [0.2, 0.25) is 0 Å². The number of rotatable bonds is 9. The number of carbonyl (C=O) groups is 2. The van der Waals surface area contributed by atoms with E-state index in [0.717, 1.165) is 24.0 Å². The molecule has 1 aliphatic heterocycles. The Morgan fingerprint density at radius 1 is 0.975 bits per heavy atom. The van der Waals surface area contributed by atoms with Crippen molar-refractivity contribution in [1.82, 2.24) is 10.6 Å². The minimum Gasteiger partial charge on any atom is -0.404 e. The van der Waals surface area contributed by atoms with Gasteiger partial charge in [-0.15, -0.1) is 0 Å². The molecule has 0 spiro atoms. The van der Waals surface area contributed by atoms with E-state index in [2.05, 4.69) is 45.3 Å². The lowest BCUT2D eigenvalue weighted by Gasteiger charge is -2.64. The van der Waals surface area contributed by atoms with Crippen molar-refractivity contribution in [2.24, 2.45) is 23.2 Å². The number of aliphatic hydroxyl groups is 1. The SMILES string of the molecule is CC(C)C[C@H](NC(=O)[C@@H](NC(=O)c1ccc(-c2ccccc2)cc1)[C@@H](C)O)B1O[C@@H]2C[C@H]3C[C@H](C3(C)C)[C@]2(C)O1. The van der Waals surface area contributed by atoms with Crippen LogP contribution in [-0.4, -0.2) is 53.8 Å². The van der Waals surface area contributed by atoms with Crippen molar-refractivity contribution in [3.05, 3.63) is 60.2 Å². The fraction of sp³-hybridized carbons (Fsp3) is 0.562. The standard InChI is InChI=1S/C32H43BN2O5/c1-19(2)16-27(33-39-26-18-24-17-25(31(24,4)5)32(26,6)40-33)34-30(38)28(20(3)36)35-29(37)23-14-12-22(13-15-23)21-10-8-7-9-11-21/h7-15,19-20,24-28,36H,16-18H2,1-6H3,(H,34,38)(H,35,37)/t20-,24-,25-,26-,27+,28+,32+/m1/s1. The molecule has 8 heteroatoms. The van der Waals surface area contributed by atoms with E-state index >= 15 is 0 Å². The van der Waals surface area contributed by atoms with E-state index in [1.807, 2.05) is 42.5 Å². The molecule has 2 bridgehead atoms. The summed E-state index contributed by atoms with van der Waals surface area (Å²) in [6.07, 6.45) is 1.68. The Kier molecular flexibility index (Phi) is 7.90. The fourth-order valence-corrected chi connectivity index (χ4v) is 7.16. The molecule has 0 radical (unpaired) electrons. The van der Waals surface area contributed by atoms with Gasteiger partial charge < -0.3 is 25.0 Å². The van der Waals surface area contributed by atoms with Gasteiger partial charge in [0.1, 0.15) is 6.04 Å². The van der Waals surface area contributed by atoms with Gasteiger partial charge in [-0.2, -0.15) is 0 Å². The highest BCUT2D eigenvalue weighted by Crippen LogP contribution is 2.65. The van der Waals surface area contributed by atoms with Crippen LogP contribution in [0.1, 0.15) is 71.2 Å². The van der Waals surface area contributed by atoms with Gasteiger partial charge in [-0.25, -0.2) is 0 Å². The van der Waals surface area contributed by atoms with Gasteiger partial charge in [0.05, 0.1) is 23.8 Å². The summed E-state index contributed by atoms with van der Waals surface area (Å²) in [5, 5.41) is 16.3. The zero-order valence-corrected chi connectivity index (χ0v) is 24.5. The molecule has 3 N–H and O–H groups in total. The highest BCUT2D eigenvalue weighted by atomic mass is 16.7. The second kappa shape index (κ2) is 11.0. The van der Waals surface area contributed by atoms with E-state index in [-0.39, 0.29) is 23.0 Å². The molecule has 0 unspecified atom stereocenters. The summed E-state index contributed by atoms with van der Waals surface area (Å²) in [4.78, 5) is 26.6. The van der Waals surface area contributed by atoms with Crippen molar-refractivity contribution >= 4 is 18.9 Å². The molecule has 2 aromatic rings. The van der Waals surface area contributed by atoms with Gasteiger partial charge in [0, 0.05) is 5.56 Å². The topological polar surface area (TPSA) is 96.9 Å². The molecule has 2 aromatic carbocycles. The molecule has 214 valence electrons. The number of benzene rings is 2. The third-order valence-corrected chi connectivity index (χ3v) is 9.66. The number of aliphatic hydroxyl groups excluding tert-OH is 1. The van der Waals surface area contributed by atoms with Crippen LogP contribution in [0.5, 0.6) is 0 Å². The molecule has 3 saturated carbocycles. The molecular formula is C32H43BN2O5. The van der Waals surface area contributed by atoms with Gasteiger partial charge in [0.25, 0.3) is 5.91 Å². The van der Waals surface area contributed by atoms with Crippen LogP contribution in [0.3, 0.4) is 0 Å². The second-order valence-corrected chi connectivity index (χ2v) is 13.2. The van der Waals surface area contributed by atoms with Crippen molar-refractivity contribution < 1.29 is 24.0 Å². The Morgan fingerprint density at radius 3 is 2.23 bits per heavy atom. The van der Waals surface area contributed by atoms with Crippen LogP contribution < -0.4 is 10.6 Å². The molecule has 6 rings (SSSR count). The number of nitrogens with one attached hydrogen (secondary N) is 2. The Labute approximate surface area is 238 Å². The molecule has 3 aliphatic carbocycles. The summed E-state index contributed by atoms with van der Waals surface area (Å²) in [7, 11) is -0.576. The predicted octanol–water partition coefficient (Wildman–Crippen LogP) is 4.63. The van der Waals surface area contributed by atoms with Crippen LogP contribution in [-0.2, 0) is 14.1 Å². The van der Waals surface area contributed by atoms with E-state index in [0.29, 0.717) is 23.8 Å². The Bertz CT molecular complexity index is 1220. The van der Waals surface area contributed by atoms with Crippen molar-refractivity contribution in [1.29, 1.82) is 0 Å². The zero-order chi connectivity index (χ0) is 28.8. The molecule has 2 amide bonds. The number of carbonyl (C=O) groups excluding carboxylic acids is 2. The lowest BCUT2D eigenvalue weighted by Crippen LogP contribution is -2.65. The van der Waals surface area contributed by atoms with Gasteiger partial charge in [0.15, 0.2) is 0 Å². The van der Waals surface area contributed by atoms with E-state index in [1.54, 1.807) is 12.1 Å². The smallest absolute Gasteiger partial charge is 0.404 e. The van der Waals surface area contributed by atoms with Gasteiger partial charge in [-0.3, -0.25) is 9.59 Å². The minimum atomic E-state index is -1.12. The van der Waals surface area contributed by atoms with Crippen LogP contribution in [0.15, 0.2) is 54.6 Å². The molecule has 7 nitrogen and oxygen atoms in total. The summed E-state index contributed by atoms with van der Waals surface area (Å²) < 4.78 is 13.1. The highest BCUT2D eigenvalue weighted by molar-refractivity contribution is 6.48. The zero-order valence-electron chi connectivity index (χ0n) is 24.5. The summed E-state index contributed by atoms with van der Waals surface area (Å²) in [5.41, 5.74) is 2.30. The van der Waals surface area contributed by atoms with Crippen LogP contribution in [0, 0.1) is 23.2 Å². The Balaban J connectivity index is 1.27. The minimum absolute atomic E-state index is 0.00645. The Morgan fingerprint density at radius 2 is 1.62 bits per heavy atom. The second-order valence-electron chi connectivity index (χ2n) is 13.2. The first-order valence-electron chi connectivity index (χ1n) is 14.7. The lowest BCUT2D eigenvalue weighted by molar-refractivity contribution is -0.199. The molecule has 1 saturated heterocycles. The third kappa shape index (κ3) is 5.33. The molecule has 7 atom stereocenters. The van der Waals surface area contributed by atoms with Crippen molar-refractivity contribution in [2.75, 3.05) is 0 Å². The lowest BCUT2D eigenvalue weighted by atomic mass is 9.43. The van der Waals surface area contributed by atoms with E-state index in [4.69, 9.17) is 9.31 Å². The summed E-state index contributed by atoms with van der Waals surface area (Å²) >= 11 is 0. The Hall–Kier alpha value is -2.68. The average Bonchev–Trinajstić information content (AvgIpc) is 3.28. The fourth-order valence-electron chi connectivity index (χ4n) is 7.16. The van der Waals surface area contributed by atoms with Crippen molar-refractivity contribution in [2.45, 2.75) is 90.6 Å². The number of hydrogen-bond acceptors (Lipinski definition) is 5. The predicted molar refractivity (Wildman–Crippen MR) is 156 cm³/mol. The van der Waals surface area contributed by atoms with Crippen LogP contribution in [0.4, 0.5) is 0 Å². The molecule has 0 aromatic heterocycles. The van der Waals surface area contributed by atoms with Crippen LogP contribution in [0.25, 0.3) is 11.1 Å². The van der Waals surface area contributed by atoms with Crippen LogP contribution >= 0.6 is 0 Å². The molecular weight excluding hydrogens is 503 g/mol.